The lowest BCUT2D eigenvalue weighted by atomic mass is 10.1. The Kier molecular flexibility index (Phi) is 3.77. The molecule has 0 radical (unpaired) electrons. The summed E-state index contributed by atoms with van der Waals surface area (Å²) < 4.78 is 24.0. The van der Waals surface area contributed by atoms with Crippen LogP contribution in [0.4, 0.5) is 8.78 Å². The van der Waals surface area contributed by atoms with E-state index < -0.39 is 22.0 Å². The number of Topliss-reactive ketones (excluding diaryl/α,β-unsaturated/α-hetero) is 1. The van der Waals surface area contributed by atoms with Gasteiger partial charge in [0.25, 0.3) is 6.43 Å². The molecule has 0 aliphatic rings. The lowest BCUT2D eigenvalue weighted by Gasteiger charge is -2.22. The number of hydrogen-bond donors (Lipinski definition) is 0. The summed E-state index contributed by atoms with van der Waals surface area (Å²) in [6.07, 6.45) is -0.504. The van der Waals surface area contributed by atoms with Gasteiger partial charge in [0.15, 0.2) is 11.3 Å². The molecule has 4 nitrogen and oxygen atoms in total. The molecule has 0 saturated heterocycles. The van der Waals surface area contributed by atoms with Crippen molar-refractivity contribution >= 4 is 33.3 Å². The van der Waals surface area contributed by atoms with Gasteiger partial charge in [-0.05, 0) is 6.92 Å². The summed E-state index contributed by atoms with van der Waals surface area (Å²) in [5.41, 5.74) is -1.30. The van der Waals surface area contributed by atoms with Crippen LogP contribution in [0.2, 0.25) is 0 Å². The number of carbonyl (C=O) groups is 1. The molecular formula is C7H7BrClF2N3O. The summed E-state index contributed by atoms with van der Waals surface area (Å²) in [5, 5.41) is 3.60. The van der Waals surface area contributed by atoms with Crippen molar-refractivity contribution in [3.05, 3.63) is 12.7 Å². The molecule has 1 rings (SSSR count). The fourth-order valence-corrected chi connectivity index (χ4v) is 1.47. The van der Waals surface area contributed by atoms with E-state index in [0.717, 1.165) is 17.9 Å². The maximum absolute atomic E-state index is 12.5. The summed E-state index contributed by atoms with van der Waals surface area (Å²) in [4.78, 5) is 15.1. The van der Waals surface area contributed by atoms with Crippen LogP contribution in [0.1, 0.15) is 12.4 Å². The van der Waals surface area contributed by atoms with Gasteiger partial charge in [-0.15, -0.1) is 0 Å². The van der Waals surface area contributed by atoms with Crippen LogP contribution in [0.25, 0.3) is 0 Å². The van der Waals surface area contributed by atoms with Gasteiger partial charge in [0.2, 0.25) is 0 Å². The van der Waals surface area contributed by atoms with Crippen LogP contribution in [0, 0.1) is 0 Å². The lowest BCUT2D eigenvalue weighted by Crippen LogP contribution is -2.40. The van der Waals surface area contributed by atoms with Gasteiger partial charge in [0, 0.05) is 0 Å². The predicted molar refractivity (Wildman–Crippen MR) is 53.3 cm³/mol. The van der Waals surface area contributed by atoms with Crippen molar-refractivity contribution < 1.29 is 13.6 Å². The van der Waals surface area contributed by atoms with Gasteiger partial charge in [0.1, 0.15) is 17.0 Å². The van der Waals surface area contributed by atoms with Crippen molar-refractivity contribution in [3.63, 3.8) is 0 Å². The topological polar surface area (TPSA) is 47.8 Å². The quantitative estimate of drug-likeness (QED) is 0.799. The fraction of sp³-hybridized carbons (Fsp3) is 0.571. The number of ketones is 1. The average Bonchev–Trinajstić information content (AvgIpc) is 2.67. The number of aromatic nitrogens is 3. The molecule has 2 atom stereocenters. The van der Waals surface area contributed by atoms with E-state index in [4.69, 9.17) is 11.6 Å². The summed E-state index contributed by atoms with van der Waals surface area (Å²) in [6.45, 7) is 1.06. The van der Waals surface area contributed by atoms with E-state index in [1.807, 2.05) is 0 Å². The molecule has 0 fully saturated rings. The second-order valence-corrected chi connectivity index (χ2v) is 5.01. The number of nitrogens with zero attached hydrogens (tertiary/aromatic N) is 3. The molecule has 0 aliphatic heterocycles. The van der Waals surface area contributed by atoms with Crippen LogP contribution < -0.4 is 0 Å². The molecule has 0 aliphatic carbocycles. The smallest absolute Gasteiger partial charge is 0.260 e. The Labute approximate surface area is 97.7 Å². The number of rotatable bonds is 4. The highest BCUT2D eigenvalue weighted by molar-refractivity contribution is 9.10. The van der Waals surface area contributed by atoms with Gasteiger partial charge in [-0.1, -0.05) is 27.5 Å². The number of halogens is 4. The first-order valence-electron chi connectivity index (χ1n) is 3.87. The number of carbonyl (C=O) groups excluding carboxylic acids is 1. The van der Waals surface area contributed by atoms with Crippen molar-refractivity contribution in [2.24, 2.45) is 0 Å². The largest absolute Gasteiger partial charge is 0.294 e. The molecule has 1 aromatic heterocycles. The molecule has 0 aromatic carbocycles. The first-order chi connectivity index (χ1) is 6.87. The Morgan fingerprint density at radius 3 is 2.67 bits per heavy atom. The van der Waals surface area contributed by atoms with E-state index in [1.54, 1.807) is 0 Å². The maximum Gasteiger partial charge on any atom is 0.260 e. The summed E-state index contributed by atoms with van der Waals surface area (Å²) in [6, 6.07) is 0. The molecular weight excluding hydrogens is 295 g/mol. The average molecular weight is 303 g/mol. The first kappa shape index (κ1) is 12.5. The predicted octanol–water partition coefficient (Wildman–Crippen LogP) is 2.00. The van der Waals surface area contributed by atoms with Crippen LogP contribution in [-0.4, -0.2) is 31.3 Å². The van der Waals surface area contributed by atoms with Crippen molar-refractivity contribution in [2.75, 3.05) is 0 Å². The van der Waals surface area contributed by atoms with Crippen LogP contribution in [0.5, 0.6) is 0 Å². The Hall–Kier alpha value is -0.560. The third kappa shape index (κ3) is 2.52. The van der Waals surface area contributed by atoms with E-state index in [-0.39, 0.29) is 0 Å². The molecule has 15 heavy (non-hydrogen) atoms. The molecule has 0 spiro atoms. The van der Waals surface area contributed by atoms with Gasteiger partial charge < -0.3 is 0 Å². The first-order valence-corrected chi connectivity index (χ1v) is 5.10. The van der Waals surface area contributed by atoms with Crippen molar-refractivity contribution in [1.82, 2.24) is 14.8 Å². The number of alkyl halides is 4. The molecule has 0 N–H and O–H groups in total. The SMILES string of the molecule is CC(Br)(C(=O)C(Cl)n1cncn1)C(F)F. The minimum absolute atomic E-state index is 0.871. The van der Waals surface area contributed by atoms with E-state index in [1.165, 1.54) is 6.33 Å². The molecule has 84 valence electrons. The molecule has 1 heterocycles. The summed E-state index contributed by atoms with van der Waals surface area (Å²) >= 11 is 8.33. The Morgan fingerprint density at radius 2 is 2.27 bits per heavy atom. The molecule has 8 heteroatoms. The van der Waals surface area contributed by atoms with E-state index in [0.29, 0.717) is 0 Å². The van der Waals surface area contributed by atoms with Gasteiger partial charge >= 0.3 is 0 Å². The van der Waals surface area contributed by atoms with Crippen molar-refractivity contribution in [2.45, 2.75) is 23.2 Å². The fourth-order valence-electron chi connectivity index (χ4n) is 0.795. The normalized spacial score (nSPS) is 17.5. The van der Waals surface area contributed by atoms with Gasteiger partial charge in [0.05, 0.1) is 0 Å². The van der Waals surface area contributed by atoms with Crippen LogP contribution >= 0.6 is 27.5 Å². The monoisotopic (exact) mass is 301 g/mol. The standard InChI is InChI=1S/C7H7BrClF2N3O/c1-7(8,6(10)11)4(15)5(9)14-3-12-2-13-14/h2-3,5-6H,1H3. The van der Waals surface area contributed by atoms with Gasteiger partial charge in [-0.25, -0.2) is 18.4 Å². The van der Waals surface area contributed by atoms with Crippen molar-refractivity contribution in [1.29, 1.82) is 0 Å². The highest BCUT2D eigenvalue weighted by Gasteiger charge is 2.43. The van der Waals surface area contributed by atoms with Crippen LogP contribution in [-0.2, 0) is 4.79 Å². The van der Waals surface area contributed by atoms with E-state index >= 15 is 0 Å². The molecule has 2 unspecified atom stereocenters. The van der Waals surface area contributed by atoms with Crippen LogP contribution in [0.15, 0.2) is 12.7 Å². The number of hydrogen-bond acceptors (Lipinski definition) is 3. The zero-order chi connectivity index (χ0) is 11.6. The minimum atomic E-state index is -2.85. The Morgan fingerprint density at radius 1 is 1.67 bits per heavy atom. The van der Waals surface area contributed by atoms with Crippen molar-refractivity contribution in [3.8, 4) is 0 Å². The molecule has 0 saturated carbocycles. The van der Waals surface area contributed by atoms with Gasteiger partial charge in [-0.2, -0.15) is 5.10 Å². The zero-order valence-electron chi connectivity index (χ0n) is 7.57. The van der Waals surface area contributed by atoms with E-state index in [2.05, 4.69) is 26.0 Å². The maximum atomic E-state index is 12.5. The highest BCUT2D eigenvalue weighted by Crippen LogP contribution is 2.32. The second kappa shape index (κ2) is 4.52. The van der Waals surface area contributed by atoms with Crippen LogP contribution in [0.3, 0.4) is 0 Å². The summed E-state index contributed by atoms with van der Waals surface area (Å²) in [5.74, 6) is -0.871. The second-order valence-electron chi connectivity index (χ2n) is 2.95. The Bertz CT molecular complexity index is 344. The minimum Gasteiger partial charge on any atom is -0.294 e. The Balaban J connectivity index is 2.86. The lowest BCUT2D eigenvalue weighted by molar-refractivity contribution is -0.125. The highest BCUT2D eigenvalue weighted by atomic mass is 79.9. The van der Waals surface area contributed by atoms with E-state index in [9.17, 15) is 13.6 Å². The third-order valence-corrected chi connectivity index (χ3v) is 2.91. The van der Waals surface area contributed by atoms with Gasteiger partial charge in [-0.3, -0.25) is 4.79 Å². The zero-order valence-corrected chi connectivity index (χ0v) is 9.91. The molecule has 0 amide bonds. The molecule has 0 bridgehead atoms. The summed E-state index contributed by atoms with van der Waals surface area (Å²) in [7, 11) is 0. The molecule has 1 aromatic rings. The third-order valence-electron chi connectivity index (χ3n) is 1.78.